The highest BCUT2D eigenvalue weighted by Gasteiger charge is 2.35. The van der Waals surface area contributed by atoms with Gasteiger partial charge in [0, 0.05) is 25.8 Å². The van der Waals surface area contributed by atoms with E-state index in [0.717, 1.165) is 5.69 Å². The lowest BCUT2D eigenvalue weighted by atomic mass is 10.1. The molecule has 1 fully saturated rings. The van der Waals surface area contributed by atoms with Gasteiger partial charge in [-0.1, -0.05) is 29.5 Å². The molecule has 1 atom stereocenters. The predicted molar refractivity (Wildman–Crippen MR) is 86.2 cm³/mol. The van der Waals surface area contributed by atoms with E-state index in [4.69, 9.17) is 4.74 Å². The summed E-state index contributed by atoms with van der Waals surface area (Å²) < 4.78 is 4.97. The van der Waals surface area contributed by atoms with Crippen LogP contribution in [0.4, 0.5) is 10.8 Å². The van der Waals surface area contributed by atoms with Gasteiger partial charge in [0.05, 0.1) is 5.92 Å². The van der Waals surface area contributed by atoms with Gasteiger partial charge in [-0.15, -0.1) is 10.2 Å². The Morgan fingerprint density at radius 3 is 2.91 bits per heavy atom. The van der Waals surface area contributed by atoms with Crippen molar-refractivity contribution in [1.29, 1.82) is 0 Å². The van der Waals surface area contributed by atoms with E-state index in [9.17, 15) is 9.59 Å². The number of carbonyl (C=O) groups excluding carboxylic acids is 2. The third-order valence-electron chi connectivity index (χ3n) is 3.53. The summed E-state index contributed by atoms with van der Waals surface area (Å²) in [4.78, 5) is 26.1. The Kier molecular flexibility index (Phi) is 4.63. The van der Waals surface area contributed by atoms with Crippen LogP contribution in [0, 0.1) is 5.92 Å². The summed E-state index contributed by atoms with van der Waals surface area (Å²) >= 11 is 1.26. The minimum atomic E-state index is -0.391. The van der Waals surface area contributed by atoms with Crippen LogP contribution in [0.1, 0.15) is 11.4 Å². The van der Waals surface area contributed by atoms with Crippen LogP contribution in [0.15, 0.2) is 30.3 Å². The maximum absolute atomic E-state index is 12.3. The Morgan fingerprint density at radius 2 is 2.17 bits per heavy atom. The van der Waals surface area contributed by atoms with Crippen molar-refractivity contribution in [1.82, 2.24) is 10.2 Å². The highest BCUT2D eigenvalue weighted by Crippen LogP contribution is 2.26. The molecule has 8 heteroatoms. The van der Waals surface area contributed by atoms with Crippen LogP contribution >= 0.6 is 11.3 Å². The van der Waals surface area contributed by atoms with Crippen molar-refractivity contribution >= 4 is 34.0 Å². The molecule has 1 N–H and O–H groups in total. The molecule has 1 aliphatic rings. The Bertz CT molecular complexity index is 704. The van der Waals surface area contributed by atoms with E-state index >= 15 is 0 Å². The van der Waals surface area contributed by atoms with Gasteiger partial charge in [-0.2, -0.15) is 0 Å². The second kappa shape index (κ2) is 6.84. The number of hydrogen-bond donors (Lipinski definition) is 1. The molecule has 2 amide bonds. The first-order valence-corrected chi connectivity index (χ1v) is 7.96. The van der Waals surface area contributed by atoms with Gasteiger partial charge < -0.3 is 15.0 Å². The normalized spacial score (nSPS) is 17.5. The summed E-state index contributed by atoms with van der Waals surface area (Å²) in [6, 6.07) is 9.35. The summed E-state index contributed by atoms with van der Waals surface area (Å²) in [5.41, 5.74) is 0.811. The number of amides is 2. The third-order valence-corrected chi connectivity index (χ3v) is 4.34. The van der Waals surface area contributed by atoms with Crippen LogP contribution in [0.5, 0.6) is 0 Å². The number of methoxy groups -OCH3 is 1. The van der Waals surface area contributed by atoms with Gasteiger partial charge >= 0.3 is 0 Å². The molecule has 23 heavy (non-hydrogen) atoms. The number of hydrogen-bond acceptors (Lipinski definition) is 6. The van der Waals surface area contributed by atoms with Crippen LogP contribution in [0.3, 0.4) is 0 Å². The molecule has 0 saturated carbocycles. The van der Waals surface area contributed by atoms with E-state index in [-0.39, 0.29) is 18.2 Å². The third kappa shape index (κ3) is 3.54. The average molecular weight is 332 g/mol. The largest absolute Gasteiger partial charge is 0.377 e. The van der Waals surface area contributed by atoms with Crippen molar-refractivity contribution < 1.29 is 14.3 Å². The molecule has 0 unspecified atom stereocenters. The predicted octanol–water partition coefficient (Wildman–Crippen LogP) is 1.68. The lowest BCUT2D eigenvalue weighted by Gasteiger charge is -2.16. The smallest absolute Gasteiger partial charge is 0.231 e. The number of benzene rings is 1. The minimum absolute atomic E-state index is 0.0475. The number of nitrogens with one attached hydrogen (secondary N) is 1. The van der Waals surface area contributed by atoms with Gasteiger partial charge in [-0.05, 0) is 12.1 Å². The summed E-state index contributed by atoms with van der Waals surface area (Å²) in [6.45, 7) is 0.732. The topological polar surface area (TPSA) is 84.4 Å². The van der Waals surface area contributed by atoms with E-state index in [2.05, 4.69) is 15.5 Å². The maximum atomic E-state index is 12.3. The van der Waals surface area contributed by atoms with E-state index in [1.807, 2.05) is 30.3 Å². The Hall–Kier alpha value is -2.32. The molecule has 0 spiro atoms. The molecule has 1 aromatic heterocycles. The SMILES string of the molecule is COCc1nnc(NC(=O)[C@H]2CC(=O)N(c3ccccc3)C2)s1. The number of para-hydroxylation sites is 1. The molecular formula is C15H16N4O3S. The van der Waals surface area contributed by atoms with Crippen molar-refractivity contribution in [3.63, 3.8) is 0 Å². The molecule has 7 nitrogen and oxygen atoms in total. The van der Waals surface area contributed by atoms with E-state index < -0.39 is 5.92 Å². The fourth-order valence-corrected chi connectivity index (χ4v) is 3.15. The fraction of sp³-hybridized carbons (Fsp3) is 0.333. The van der Waals surface area contributed by atoms with Crippen LogP contribution in [0.2, 0.25) is 0 Å². The van der Waals surface area contributed by atoms with E-state index in [1.54, 1.807) is 12.0 Å². The molecule has 1 aliphatic heterocycles. The first-order chi connectivity index (χ1) is 11.2. The quantitative estimate of drug-likeness (QED) is 0.900. The molecule has 0 radical (unpaired) electrons. The molecule has 0 bridgehead atoms. The van der Waals surface area contributed by atoms with Crippen LogP contribution < -0.4 is 10.2 Å². The van der Waals surface area contributed by atoms with Gasteiger partial charge in [-0.3, -0.25) is 9.59 Å². The van der Waals surface area contributed by atoms with E-state index in [0.29, 0.717) is 23.3 Å². The lowest BCUT2D eigenvalue weighted by molar-refractivity contribution is -0.122. The average Bonchev–Trinajstić information content (AvgIpc) is 3.15. The summed E-state index contributed by atoms with van der Waals surface area (Å²) in [7, 11) is 1.57. The molecule has 3 rings (SSSR count). The number of carbonyl (C=O) groups is 2. The highest BCUT2D eigenvalue weighted by atomic mass is 32.1. The van der Waals surface area contributed by atoms with Gasteiger partial charge in [0.1, 0.15) is 11.6 Å². The Morgan fingerprint density at radius 1 is 1.39 bits per heavy atom. The van der Waals surface area contributed by atoms with Crippen molar-refractivity contribution in [3.8, 4) is 0 Å². The van der Waals surface area contributed by atoms with Crippen molar-refractivity contribution in [2.75, 3.05) is 23.9 Å². The molecule has 2 heterocycles. The molecule has 1 aromatic carbocycles. The van der Waals surface area contributed by atoms with Gasteiger partial charge in [-0.25, -0.2) is 0 Å². The first-order valence-electron chi connectivity index (χ1n) is 7.15. The number of nitrogens with zero attached hydrogens (tertiary/aromatic N) is 3. The second-order valence-electron chi connectivity index (χ2n) is 5.16. The first kappa shape index (κ1) is 15.6. The van der Waals surface area contributed by atoms with E-state index in [1.165, 1.54) is 11.3 Å². The zero-order chi connectivity index (χ0) is 16.2. The summed E-state index contributed by atoms with van der Waals surface area (Å²) in [5.74, 6) is -0.650. The standard InChI is InChI=1S/C15H16N4O3S/c1-22-9-12-17-18-15(23-12)16-14(21)10-7-13(20)19(8-10)11-5-3-2-4-6-11/h2-6,10H,7-9H2,1H3,(H,16,18,21)/t10-/m0/s1. The summed E-state index contributed by atoms with van der Waals surface area (Å²) in [6.07, 6.45) is 0.199. The number of rotatable bonds is 5. The van der Waals surface area contributed by atoms with Crippen LogP contribution in [-0.2, 0) is 20.9 Å². The molecule has 2 aromatic rings. The van der Waals surface area contributed by atoms with Crippen LogP contribution in [0.25, 0.3) is 0 Å². The fourth-order valence-electron chi connectivity index (χ4n) is 2.43. The van der Waals surface area contributed by atoms with Crippen molar-refractivity contribution in [2.45, 2.75) is 13.0 Å². The molecular weight excluding hydrogens is 316 g/mol. The van der Waals surface area contributed by atoms with Crippen molar-refractivity contribution in [3.05, 3.63) is 35.3 Å². The Balaban J connectivity index is 1.63. The van der Waals surface area contributed by atoms with Crippen LogP contribution in [-0.4, -0.2) is 35.7 Å². The molecule has 120 valence electrons. The monoisotopic (exact) mass is 332 g/mol. The number of anilines is 2. The number of aromatic nitrogens is 2. The lowest BCUT2D eigenvalue weighted by Crippen LogP contribution is -2.28. The summed E-state index contributed by atoms with van der Waals surface area (Å²) in [5, 5.41) is 11.7. The molecule has 0 aliphatic carbocycles. The van der Waals surface area contributed by atoms with Gasteiger partial charge in [0.2, 0.25) is 16.9 Å². The minimum Gasteiger partial charge on any atom is -0.377 e. The zero-order valence-corrected chi connectivity index (χ0v) is 13.4. The number of ether oxygens (including phenoxy) is 1. The highest BCUT2D eigenvalue weighted by molar-refractivity contribution is 7.15. The van der Waals surface area contributed by atoms with Gasteiger partial charge in [0.15, 0.2) is 0 Å². The van der Waals surface area contributed by atoms with Gasteiger partial charge in [0.25, 0.3) is 0 Å². The second-order valence-corrected chi connectivity index (χ2v) is 6.23. The zero-order valence-electron chi connectivity index (χ0n) is 12.6. The van der Waals surface area contributed by atoms with Crippen molar-refractivity contribution in [2.24, 2.45) is 5.92 Å². The maximum Gasteiger partial charge on any atom is 0.231 e. The Labute approximate surface area is 137 Å². The molecule has 1 saturated heterocycles.